The average Bonchev–Trinajstić information content (AvgIpc) is 2.57. The predicted molar refractivity (Wildman–Crippen MR) is 83.1 cm³/mol. The number of carboxylic acid groups (broad SMARTS) is 1. The van der Waals surface area contributed by atoms with Crippen LogP contribution in [-0.2, 0) is 35.2 Å². The van der Waals surface area contributed by atoms with E-state index in [1.165, 1.54) is 7.11 Å². The lowest BCUT2D eigenvalue weighted by atomic mass is 10.2. The summed E-state index contributed by atoms with van der Waals surface area (Å²) in [5, 5.41) is 11.3. The van der Waals surface area contributed by atoms with E-state index in [1.54, 1.807) is 24.3 Å². The molecule has 0 aromatic heterocycles. The summed E-state index contributed by atoms with van der Waals surface area (Å²) in [4.78, 5) is 34.5. The molecule has 0 saturated heterocycles. The first-order valence-electron chi connectivity index (χ1n) is 7.31. The molecule has 0 aliphatic carbocycles. The van der Waals surface area contributed by atoms with E-state index in [1.807, 2.05) is 6.07 Å². The van der Waals surface area contributed by atoms with E-state index in [0.29, 0.717) is 6.61 Å². The van der Waals surface area contributed by atoms with Crippen LogP contribution >= 0.6 is 0 Å². The van der Waals surface area contributed by atoms with Crippen LogP contribution in [0.25, 0.3) is 0 Å². The molecular formula is C16H21NO7. The van der Waals surface area contributed by atoms with Crippen molar-refractivity contribution in [2.45, 2.75) is 19.1 Å². The van der Waals surface area contributed by atoms with E-state index in [0.717, 1.165) is 5.56 Å². The Labute approximate surface area is 139 Å². The highest BCUT2D eigenvalue weighted by atomic mass is 16.5. The number of carbonyl (C=O) groups excluding carboxylic acids is 2. The minimum Gasteiger partial charge on any atom is -0.480 e. The fourth-order valence-corrected chi connectivity index (χ4v) is 1.71. The largest absolute Gasteiger partial charge is 0.480 e. The summed E-state index contributed by atoms with van der Waals surface area (Å²) in [5.41, 5.74) is 0.785. The summed E-state index contributed by atoms with van der Waals surface area (Å²) in [5.74, 6) is -2.67. The Morgan fingerprint density at radius 1 is 1.17 bits per heavy atom. The second kappa shape index (κ2) is 11.1. The molecule has 0 radical (unpaired) electrons. The van der Waals surface area contributed by atoms with E-state index in [-0.39, 0.29) is 19.8 Å². The molecule has 0 spiro atoms. The Morgan fingerprint density at radius 2 is 1.88 bits per heavy atom. The van der Waals surface area contributed by atoms with E-state index < -0.39 is 30.3 Å². The number of methoxy groups -OCH3 is 1. The summed E-state index contributed by atoms with van der Waals surface area (Å²) < 4.78 is 14.7. The number of carboxylic acids is 1. The molecule has 1 aromatic carbocycles. The summed E-state index contributed by atoms with van der Waals surface area (Å²) in [6.07, 6.45) is -0.466. The third kappa shape index (κ3) is 8.25. The second-order valence-corrected chi connectivity index (χ2v) is 4.85. The Balaban J connectivity index is 2.37. The van der Waals surface area contributed by atoms with Gasteiger partial charge in [-0.2, -0.15) is 0 Å². The van der Waals surface area contributed by atoms with Crippen molar-refractivity contribution in [3.05, 3.63) is 35.9 Å². The SMILES string of the molecule is COCCOCC(=O)N[C@@H](CC(=O)OCc1ccccc1)C(=O)O. The van der Waals surface area contributed by atoms with Gasteiger partial charge in [-0.1, -0.05) is 30.3 Å². The van der Waals surface area contributed by atoms with Gasteiger partial charge in [0.15, 0.2) is 0 Å². The van der Waals surface area contributed by atoms with Gasteiger partial charge < -0.3 is 24.6 Å². The van der Waals surface area contributed by atoms with Crippen LogP contribution in [0.4, 0.5) is 0 Å². The molecule has 0 fully saturated rings. The number of esters is 1. The van der Waals surface area contributed by atoms with Crippen molar-refractivity contribution < 1.29 is 33.7 Å². The zero-order valence-electron chi connectivity index (χ0n) is 13.4. The first kappa shape index (κ1) is 19.6. The molecule has 1 aromatic rings. The van der Waals surface area contributed by atoms with E-state index in [9.17, 15) is 14.4 Å². The molecule has 0 unspecified atom stereocenters. The third-order valence-corrected chi connectivity index (χ3v) is 2.91. The first-order chi connectivity index (χ1) is 11.5. The maximum Gasteiger partial charge on any atom is 0.326 e. The predicted octanol–water partition coefficient (Wildman–Crippen LogP) is 0.352. The maximum atomic E-state index is 11.7. The molecule has 2 N–H and O–H groups in total. The van der Waals surface area contributed by atoms with Gasteiger partial charge in [-0.15, -0.1) is 0 Å². The molecule has 1 amide bonds. The van der Waals surface area contributed by atoms with Crippen molar-refractivity contribution in [2.24, 2.45) is 0 Å². The van der Waals surface area contributed by atoms with Crippen molar-refractivity contribution in [2.75, 3.05) is 26.9 Å². The summed E-state index contributed by atoms with van der Waals surface area (Å²) >= 11 is 0. The molecular weight excluding hydrogens is 318 g/mol. The van der Waals surface area contributed by atoms with Gasteiger partial charge in [0.25, 0.3) is 0 Å². The topological polar surface area (TPSA) is 111 Å². The van der Waals surface area contributed by atoms with Crippen LogP contribution in [-0.4, -0.2) is 55.9 Å². The quantitative estimate of drug-likeness (QED) is 0.442. The van der Waals surface area contributed by atoms with Gasteiger partial charge in [-0.3, -0.25) is 9.59 Å². The second-order valence-electron chi connectivity index (χ2n) is 4.85. The van der Waals surface area contributed by atoms with Crippen molar-refractivity contribution in [3.63, 3.8) is 0 Å². The van der Waals surface area contributed by atoms with Gasteiger partial charge in [0.2, 0.25) is 5.91 Å². The standard InChI is InChI=1S/C16H21NO7/c1-22-7-8-23-11-14(18)17-13(16(20)21)9-15(19)24-10-12-5-3-2-4-6-12/h2-6,13H,7-11H2,1H3,(H,17,18)(H,20,21)/t13-/m0/s1. The highest BCUT2D eigenvalue weighted by Crippen LogP contribution is 2.03. The van der Waals surface area contributed by atoms with Crippen LogP contribution in [0.15, 0.2) is 30.3 Å². The number of hydrogen-bond acceptors (Lipinski definition) is 6. The van der Waals surface area contributed by atoms with Gasteiger partial charge in [0, 0.05) is 7.11 Å². The first-order valence-corrected chi connectivity index (χ1v) is 7.31. The van der Waals surface area contributed by atoms with Gasteiger partial charge in [0.05, 0.1) is 19.6 Å². The molecule has 0 heterocycles. The fourth-order valence-electron chi connectivity index (χ4n) is 1.71. The van der Waals surface area contributed by atoms with Crippen molar-refractivity contribution in [3.8, 4) is 0 Å². The smallest absolute Gasteiger partial charge is 0.326 e. The van der Waals surface area contributed by atoms with Crippen molar-refractivity contribution in [1.29, 1.82) is 0 Å². The molecule has 1 rings (SSSR count). The maximum absolute atomic E-state index is 11.7. The molecule has 8 nitrogen and oxygen atoms in total. The van der Waals surface area contributed by atoms with Crippen molar-refractivity contribution >= 4 is 17.8 Å². The van der Waals surface area contributed by atoms with Gasteiger partial charge in [-0.25, -0.2) is 4.79 Å². The van der Waals surface area contributed by atoms with Crippen molar-refractivity contribution in [1.82, 2.24) is 5.32 Å². The molecule has 1 atom stereocenters. The normalized spacial score (nSPS) is 11.5. The Hall–Kier alpha value is -2.45. The van der Waals surface area contributed by atoms with Crippen LogP contribution in [0.5, 0.6) is 0 Å². The number of aliphatic carboxylic acids is 1. The molecule has 0 saturated carbocycles. The molecule has 0 aliphatic rings. The Morgan fingerprint density at radius 3 is 2.50 bits per heavy atom. The Kier molecular flexibility index (Phi) is 9.10. The van der Waals surface area contributed by atoms with Crippen LogP contribution in [0, 0.1) is 0 Å². The van der Waals surface area contributed by atoms with Gasteiger partial charge in [-0.05, 0) is 5.56 Å². The monoisotopic (exact) mass is 339 g/mol. The van der Waals surface area contributed by atoms with Gasteiger partial charge >= 0.3 is 11.9 Å². The number of rotatable bonds is 11. The highest BCUT2D eigenvalue weighted by molar-refractivity contribution is 5.87. The highest BCUT2D eigenvalue weighted by Gasteiger charge is 2.24. The lowest BCUT2D eigenvalue weighted by Gasteiger charge is -2.14. The zero-order valence-corrected chi connectivity index (χ0v) is 13.4. The molecule has 0 aliphatic heterocycles. The number of carbonyl (C=O) groups is 3. The fraction of sp³-hybridized carbons (Fsp3) is 0.438. The van der Waals surface area contributed by atoms with Crippen LogP contribution < -0.4 is 5.32 Å². The summed E-state index contributed by atoms with van der Waals surface area (Å²) in [7, 11) is 1.49. The van der Waals surface area contributed by atoms with Crippen LogP contribution in [0.2, 0.25) is 0 Å². The molecule has 24 heavy (non-hydrogen) atoms. The number of hydrogen-bond donors (Lipinski definition) is 2. The lowest BCUT2D eigenvalue weighted by Crippen LogP contribution is -2.44. The average molecular weight is 339 g/mol. The molecule has 8 heteroatoms. The van der Waals surface area contributed by atoms with Crippen LogP contribution in [0.1, 0.15) is 12.0 Å². The Bertz CT molecular complexity index is 532. The minimum absolute atomic E-state index is 0.0418. The lowest BCUT2D eigenvalue weighted by molar-refractivity contribution is -0.151. The van der Waals surface area contributed by atoms with Gasteiger partial charge in [0.1, 0.15) is 19.3 Å². The third-order valence-electron chi connectivity index (χ3n) is 2.91. The van der Waals surface area contributed by atoms with E-state index in [4.69, 9.17) is 19.3 Å². The van der Waals surface area contributed by atoms with E-state index >= 15 is 0 Å². The minimum atomic E-state index is -1.37. The summed E-state index contributed by atoms with van der Waals surface area (Å²) in [6, 6.07) is 7.62. The zero-order chi connectivity index (χ0) is 17.8. The number of nitrogens with one attached hydrogen (secondary N) is 1. The van der Waals surface area contributed by atoms with E-state index in [2.05, 4.69) is 5.32 Å². The summed E-state index contributed by atoms with van der Waals surface area (Å²) in [6.45, 7) is 0.258. The number of amides is 1. The number of ether oxygens (including phenoxy) is 3. The molecule has 132 valence electrons. The van der Waals surface area contributed by atoms with Crippen LogP contribution in [0.3, 0.4) is 0 Å². The number of benzene rings is 1. The molecule has 0 bridgehead atoms.